The number of amides is 1. The van der Waals surface area contributed by atoms with Crippen molar-refractivity contribution in [2.24, 2.45) is 0 Å². The molecule has 0 unspecified atom stereocenters. The molecule has 2 rings (SSSR count). The molecule has 1 amide bonds. The number of rotatable bonds is 5. The number of aryl methyl sites for hydroxylation is 2. The van der Waals surface area contributed by atoms with Gasteiger partial charge in [0.05, 0.1) is 0 Å². The molecular formula is C12H16N6O. The average molecular weight is 260 g/mol. The molecule has 100 valence electrons. The first kappa shape index (κ1) is 13.0. The summed E-state index contributed by atoms with van der Waals surface area (Å²) in [6.07, 6.45) is 3.01. The van der Waals surface area contributed by atoms with Gasteiger partial charge in [0.1, 0.15) is 18.0 Å². The quantitative estimate of drug-likeness (QED) is 0.676. The summed E-state index contributed by atoms with van der Waals surface area (Å²) in [6, 6.07) is 3.28. The van der Waals surface area contributed by atoms with Gasteiger partial charge in [-0.2, -0.15) is 5.10 Å². The minimum atomic E-state index is -0.144. The van der Waals surface area contributed by atoms with Crippen LogP contribution in [0.4, 0.5) is 5.82 Å². The number of aromatic nitrogens is 4. The second kappa shape index (κ2) is 5.94. The van der Waals surface area contributed by atoms with Crippen molar-refractivity contribution in [3.8, 4) is 0 Å². The molecule has 0 aliphatic carbocycles. The normalized spacial score (nSPS) is 10.4. The average Bonchev–Trinajstić information content (AvgIpc) is 2.86. The third kappa shape index (κ3) is 3.77. The zero-order valence-corrected chi connectivity index (χ0v) is 10.7. The Hall–Kier alpha value is -2.44. The monoisotopic (exact) mass is 260 g/mol. The van der Waals surface area contributed by atoms with Gasteiger partial charge in [-0.1, -0.05) is 0 Å². The molecular weight excluding hydrogens is 244 g/mol. The van der Waals surface area contributed by atoms with Crippen LogP contribution in [0.2, 0.25) is 0 Å². The summed E-state index contributed by atoms with van der Waals surface area (Å²) in [5, 5.41) is 9.36. The molecule has 0 bridgehead atoms. The summed E-state index contributed by atoms with van der Waals surface area (Å²) in [7, 11) is 0. The van der Waals surface area contributed by atoms with E-state index in [4.69, 9.17) is 5.73 Å². The molecule has 0 aliphatic rings. The van der Waals surface area contributed by atoms with Crippen molar-refractivity contribution >= 4 is 11.7 Å². The maximum atomic E-state index is 11.9. The Morgan fingerprint density at radius 1 is 1.47 bits per heavy atom. The number of hydrogen-bond donors (Lipinski definition) is 3. The SMILES string of the molecule is Cc1cc(C(=O)NCCCc2ncn[nH]2)cc(N)n1. The number of carbonyl (C=O) groups is 1. The van der Waals surface area contributed by atoms with Crippen LogP contribution in [0, 0.1) is 6.92 Å². The van der Waals surface area contributed by atoms with E-state index in [-0.39, 0.29) is 5.91 Å². The Morgan fingerprint density at radius 3 is 3.00 bits per heavy atom. The second-order valence-corrected chi connectivity index (χ2v) is 4.21. The highest BCUT2D eigenvalue weighted by molar-refractivity contribution is 5.94. The standard InChI is InChI=1S/C12H16N6O/c1-8-5-9(6-10(13)17-8)12(19)14-4-2-3-11-15-7-16-18-11/h5-7H,2-4H2,1H3,(H2,13,17)(H,14,19)(H,15,16,18). The molecule has 0 radical (unpaired) electrons. The van der Waals surface area contributed by atoms with Crippen LogP contribution in [0.1, 0.15) is 28.3 Å². The first-order valence-electron chi connectivity index (χ1n) is 6.02. The van der Waals surface area contributed by atoms with Gasteiger partial charge in [0.2, 0.25) is 0 Å². The van der Waals surface area contributed by atoms with E-state index in [0.717, 1.165) is 24.4 Å². The van der Waals surface area contributed by atoms with Crippen LogP contribution < -0.4 is 11.1 Å². The van der Waals surface area contributed by atoms with Crippen LogP contribution in [0.5, 0.6) is 0 Å². The van der Waals surface area contributed by atoms with Crippen molar-refractivity contribution in [3.63, 3.8) is 0 Å². The van der Waals surface area contributed by atoms with Gasteiger partial charge in [0.15, 0.2) is 0 Å². The largest absolute Gasteiger partial charge is 0.384 e. The van der Waals surface area contributed by atoms with E-state index in [0.29, 0.717) is 17.9 Å². The maximum Gasteiger partial charge on any atom is 0.251 e. The number of carbonyl (C=O) groups excluding carboxylic acids is 1. The summed E-state index contributed by atoms with van der Waals surface area (Å²) >= 11 is 0. The molecule has 0 aromatic carbocycles. The lowest BCUT2D eigenvalue weighted by Gasteiger charge is -2.06. The van der Waals surface area contributed by atoms with E-state index in [9.17, 15) is 4.79 Å². The van der Waals surface area contributed by atoms with Gasteiger partial charge in [-0.25, -0.2) is 9.97 Å². The molecule has 7 nitrogen and oxygen atoms in total. The molecule has 0 atom stereocenters. The van der Waals surface area contributed by atoms with Crippen molar-refractivity contribution in [1.29, 1.82) is 0 Å². The van der Waals surface area contributed by atoms with E-state index in [1.165, 1.54) is 6.33 Å². The van der Waals surface area contributed by atoms with E-state index < -0.39 is 0 Å². The molecule has 2 aromatic heterocycles. The van der Waals surface area contributed by atoms with E-state index in [1.54, 1.807) is 19.1 Å². The predicted octanol–water partition coefficient (Wildman–Crippen LogP) is 0.453. The Morgan fingerprint density at radius 2 is 2.32 bits per heavy atom. The summed E-state index contributed by atoms with van der Waals surface area (Å²) < 4.78 is 0. The highest BCUT2D eigenvalue weighted by Gasteiger charge is 2.07. The van der Waals surface area contributed by atoms with Crippen LogP contribution in [-0.2, 0) is 6.42 Å². The topological polar surface area (TPSA) is 110 Å². The smallest absolute Gasteiger partial charge is 0.251 e. The van der Waals surface area contributed by atoms with E-state index in [2.05, 4.69) is 25.5 Å². The Bertz CT molecular complexity index is 531. The minimum absolute atomic E-state index is 0.144. The summed E-state index contributed by atoms with van der Waals surface area (Å²) in [6.45, 7) is 2.37. The third-order valence-electron chi connectivity index (χ3n) is 2.58. The Labute approximate surface area is 110 Å². The van der Waals surface area contributed by atoms with Crippen molar-refractivity contribution < 1.29 is 4.79 Å². The minimum Gasteiger partial charge on any atom is -0.384 e. The fourth-order valence-corrected chi connectivity index (χ4v) is 1.74. The summed E-state index contributed by atoms with van der Waals surface area (Å²) in [5.41, 5.74) is 6.87. The number of nitrogens with one attached hydrogen (secondary N) is 2. The van der Waals surface area contributed by atoms with E-state index in [1.807, 2.05) is 0 Å². The molecule has 4 N–H and O–H groups in total. The first-order valence-corrected chi connectivity index (χ1v) is 6.02. The number of pyridine rings is 1. The number of anilines is 1. The van der Waals surface area contributed by atoms with Crippen molar-refractivity contribution in [3.05, 3.63) is 35.5 Å². The molecule has 0 saturated carbocycles. The molecule has 7 heteroatoms. The molecule has 0 saturated heterocycles. The molecule has 2 aromatic rings. The summed E-state index contributed by atoms with van der Waals surface area (Å²) in [5.74, 6) is 1.03. The highest BCUT2D eigenvalue weighted by atomic mass is 16.1. The van der Waals surface area contributed by atoms with Gasteiger partial charge in [0, 0.05) is 24.2 Å². The van der Waals surface area contributed by atoms with Crippen LogP contribution in [0.15, 0.2) is 18.5 Å². The molecule has 0 spiro atoms. The van der Waals surface area contributed by atoms with Crippen LogP contribution in [-0.4, -0.2) is 32.6 Å². The number of nitrogen functional groups attached to an aromatic ring is 1. The van der Waals surface area contributed by atoms with Gasteiger partial charge in [0.25, 0.3) is 5.91 Å². The van der Waals surface area contributed by atoms with Crippen molar-refractivity contribution in [2.75, 3.05) is 12.3 Å². The van der Waals surface area contributed by atoms with Gasteiger partial charge in [-0.15, -0.1) is 0 Å². The fraction of sp³-hybridized carbons (Fsp3) is 0.333. The van der Waals surface area contributed by atoms with Crippen molar-refractivity contribution in [2.45, 2.75) is 19.8 Å². The predicted molar refractivity (Wildman–Crippen MR) is 70.4 cm³/mol. The maximum absolute atomic E-state index is 11.9. The van der Waals surface area contributed by atoms with Gasteiger partial charge in [-0.3, -0.25) is 9.89 Å². The van der Waals surface area contributed by atoms with Crippen molar-refractivity contribution in [1.82, 2.24) is 25.5 Å². The fourth-order valence-electron chi connectivity index (χ4n) is 1.74. The Kier molecular flexibility index (Phi) is 4.07. The lowest BCUT2D eigenvalue weighted by atomic mass is 10.2. The van der Waals surface area contributed by atoms with Crippen LogP contribution in [0.25, 0.3) is 0 Å². The number of nitrogens with two attached hydrogens (primary N) is 1. The summed E-state index contributed by atoms with van der Waals surface area (Å²) in [4.78, 5) is 19.9. The highest BCUT2D eigenvalue weighted by Crippen LogP contribution is 2.06. The second-order valence-electron chi connectivity index (χ2n) is 4.21. The molecule has 0 fully saturated rings. The van der Waals surface area contributed by atoms with E-state index >= 15 is 0 Å². The van der Waals surface area contributed by atoms with Crippen LogP contribution >= 0.6 is 0 Å². The number of aromatic amines is 1. The van der Waals surface area contributed by atoms with Crippen LogP contribution in [0.3, 0.4) is 0 Å². The number of nitrogens with zero attached hydrogens (tertiary/aromatic N) is 3. The lowest BCUT2D eigenvalue weighted by molar-refractivity contribution is 0.0953. The Balaban J connectivity index is 1.80. The molecule has 19 heavy (non-hydrogen) atoms. The first-order chi connectivity index (χ1) is 9.15. The zero-order valence-electron chi connectivity index (χ0n) is 10.7. The zero-order chi connectivity index (χ0) is 13.7. The third-order valence-corrected chi connectivity index (χ3v) is 2.58. The van der Waals surface area contributed by atoms with Gasteiger partial charge < -0.3 is 11.1 Å². The van der Waals surface area contributed by atoms with Gasteiger partial charge >= 0.3 is 0 Å². The van der Waals surface area contributed by atoms with Gasteiger partial charge in [-0.05, 0) is 25.5 Å². The molecule has 0 aliphatic heterocycles. The number of hydrogen-bond acceptors (Lipinski definition) is 5. The number of H-pyrrole nitrogens is 1. The molecule has 2 heterocycles. The lowest BCUT2D eigenvalue weighted by Crippen LogP contribution is -2.25.